The second kappa shape index (κ2) is 8.97. The number of morpholine rings is 1. The lowest BCUT2D eigenvalue weighted by Gasteiger charge is -2.31. The van der Waals surface area contributed by atoms with Gasteiger partial charge in [0, 0.05) is 43.3 Å². The Morgan fingerprint density at radius 1 is 1.03 bits per heavy atom. The van der Waals surface area contributed by atoms with Gasteiger partial charge in [0.15, 0.2) is 11.6 Å². The van der Waals surface area contributed by atoms with E-state index >= 15 is 0 Å². The lowest BCUT2D eigenvalue weighted by molar-refractivity contribution is 0.122. The normalized spacial score (nSPS) is 21.8. The van der Waals surface area contributed by atoms with Crippen molar-refractivity contribution in [1.29, 1.82) is 0 Å². The molecule has 3 aromatic rings. The molecule has 162 valence electrons. The number of nitrogens with one attached hydrogen (secondary N) is 1. The highest BCUT2D eigenvalue weighted by atomic mass is 19.1. The Morgan fingerprint density at radius 3 is 2.65 bits per heavy atom. The molecule has 1 N–H and O–H groups in total. The van der Waals surface area contributed by atoms with Crippen LogP contribution in [0.1, 0.15) is 25.7 Å². The van der Waals surface area contributed by atoms with Gasteiger partial charge in [0.05, 0.1) is 31.0 Å². The summed E-state index contributed by atoms with van der Waals surface area (Å²) in [7, 11) is 0. The summed E-state index contributed by atoms with van der Waals surface area (Å²) in [6.45, 7) is 3.14. The van der Waals surface area contributed by atoms with Gasteiger partial charge in [-0.2, -0.15) is 0 Å². The molecule has 5 rings (SSSR count). The topological polar surface area (TPSA) is 85.3 Å². The predicted molar refractivity (Wildman–Crippen MR) is 115 cm³/mol. The van der Waals surface area contributed by atoms with Crippen molar-refractivity contribution in [3.05, 3.63) is 42.9 Å². The summed E-state index contributed by atoms with van der Waals surface area (Å²) in [5.41, 5.74) is 2.69. The molecule has 1 aromatic carbocycles. The molecule has 0 spiro atoms. The monoisotopic (exact) mass is 424 g/mol. The van der Waals surface area contributed by atoms with E-state index in [1.54, 1.807) is 12.4 Å². The Labute approximate surface area is 179 Å². The largest absolute Gasteiger partial charge is 0.488 e. The Kier molecular flexibility index (Phi) is 5.75. The molecule has 0 bridgehead atoms. The predicted octanol–water partition coefficient (Wildman–Crippen LogP) is 3.20. The summed E-state index contributed by atoms with van der Waals surface area (Å²) in [5.74, 6) is 0.607. The van der Waals surface area contributed by atoms with Crippen LogP contribution >= 0.6 is 0 Å². The minimum Gasteiger partial charge on any atom is -0.488 e. The van der Waals surface area contributed by atoms with Crippen molar-refractivity contribution in [2.75, 3.05) is 36.5 Å². The molecule has 3 heterocycles. The third kappa shape index (κ3) is 4.51. The lowest BCUT2D eigenvalue weighted by Crippen LogP contribution is -2.36. The highest BCUT2D eigenvalue weighted by molar-refractivity contribution is 5.85. The van der Waals surface area contributed by atoms with Crippen LogP contribution in [0.4, 0.5) is 15.9 Å². The summed E-state index contributed by atoms with van der Waals surface area (Å²) in [6, 6.07) is 4.31. The average Bonchev–Trinajstić information content (AvgIpc) is 2.82. The molecule has 9 heteroatoms. The maximum absolute atomic E-state index is 13.8. The zero-order valence-corrected chi connectivity index (χ0v) is 17.2. The van der Waals surface area contributed by atoms with Crippen LogP contribution in [0.5, 0.6) is 5.75 Å². The zero-order chi connectivity index (χ0) is 21.0. The number of aromatic nitrogens is 4. The molecule has 31 heavy (non-hydrogen) atoms. The van der Waals surface area contributed by atoms with E-state index in [1.165, 1.54) is 12.5 Å². The standard InChI is InChI=1S/C22H25FN6O2/c23-18-13-24-14-27-22(18)28-15-1-3-17(4-2-15)31-20-12-16(29-7-9-30-10-8-29)11-19-21(20)26-6-5-25-19/h5-6,11-15,17H,1-4,7-10H2,(H,24,27,28). The lowest BCUT2D eigenvalue weighted by atomic mass is 9.93. The maximum atomic E-state index is 13.8. The van der Waals surface area contributed by atoms with E-state index in [9.17, 15) is 4.39 Å². The zero-order valence-electron chi connectivity index (χ0n) is 17.2. The first-order valence-electron chi connectivity index (χ1n) is 10.7. The first kappa shape index (κ1) is 19.9. The van der Waals surface area contributed by atoms with Gasteiger partial charge in [-0.1, -0.05) is 0 Å². The van der Waals surface area contributed by atoms with Gasteiger partial charge in [-0.25, -0.2) is 19.3 Å². The Morgan fingerprint density at radius 2 is 1.84 bits per heavy atom. The molecule has 1 aliphatic carbocycles. The fourth-order valence-electron chi connectivity index (χ4n) is 4.24. The van der Waals surface area contributed by atoms with Crippen LogP contribution < -0.4 is 15.0 Å². The minimum atomic E-state index is -0.425. The fraction of sp³-hybridized carbons (Fsp3) is 0.455. The molecule has 1 saturated heterocycles. The number of nitrogens with zero attached hydrogens (tertiary/aromatic N) is 5. The van der Waals surface area contributed by atoms with Crippen molar-refractivity contribution in [2.45, 2.75) is 37.8 Å². The molecule has 2 fully saturated rings. The summed E-state index contributed by atoms with van der Waals surface area (Å²) >= 11 is 0. The van der Waals surface area contributed by atoms with Crippen LogP contribution in [0.15, 0.2) is 37.1 Å². The van der Waals surface area contributed by atoms with Gasteiger partial charge in [-0.05, 0) is 31.7 Å². The third-order valence-electron chi connectivity index (χ3n) is 5.88. The fourth-order valence-corrected chi connectivity index (χ4v) is 4.24. The summed E-state index contributed by atoms with van der Waals surface area (Å²) in [6.07, 6.45) is 9.51. The number of anilines is 2. The molecule has 1 aliphatic heterocycles. The third-order valence-corrected chi connectivity index (χ3v) is 5.88. The Hall–Kier alpha value is -3.07. The molecule has 8 nitrogen and oxygen atoms in total. The van der Waals surface area contributed by atoms with Gasteiger partial charge in [0.1, 0.15) is 17.6 Å². The highest BCUT2D eigenvalue weighted by Gasteiger charge is 2.25. The number of ether oxygens (including phenoxy) is 2. The molecule has 2 aliphatic rings. The van der Waals surface area contributed by atoms with Crippen LogP contribution in [0.25, 0.3) is 11.0 Å². The van der Waals surface area contributed by atoms with E-state index in [4.69, 9.17) is 9.47 Å². The first-order valence-corrected chi connectivity index (χ1v) is 10.7. The molecule has 1 saturated carbocycles. The van der Waals surface area contributed by atoms with Crippen molar-refractivity contribution in [3.8, 4) is 5.75 Å². The van der Waals surface area contributed by atoms with Gasteiger partial charge in [-0.3, -0.25) is 4.98 Å². The summed E-state index contributed by atoms with van der Waals surface area (Å²) in [5, 5.41) is 3.19. The van der Waals surface area contributed by atoms with Crippen LogP contribution in [-0.2, 0) is 4.74 Å². The average molecular weight is 424 g/mol. The quantitative estimate of drug-likeness (QED) is 0.668. The highest BCUT2D eigenvalue weighted by Crippen LogP contribution is 2.33. The summed E-state index contributed by atoms with van der Waals surface area (Å²) < 4.78 is 25.7. The van der Waals surface area contributed by atoms with E-state index < -0.39 is 5.82 Å². The van der Waals surface area contributed by atoms with E-state index in [0.717, 1.165) is 74.5 Å². The van der Waals surface area contributed by atoms with E-state index in [0.29, 0.717) is 0 Å². The van der Waals surface area contributed by atoms with Crippen molar-refractivity contribution in [3.63, 3.8) is 0 Å². The van der Waals surface area contributed by atoms with Crippen LogP contribution in [0.2, 0.25) is 0 Å². The Bertz CT molecular complexity index is 1040. The molecular weight excluding hydrogens is 399 g/mol. The van der Waals surface area contributed by atoms with Gasteiger partial charge >= 0.3 is 0 Å². The van der Waals surface area contributed by atoms with Gasteiger partial charge in [-0.15, -0.1) is 0 Å². The number of hydrogen-bond donors (Lipinski definition) is 1. The molecule has 2 aromatic heterocycles. The molecule has 0 unspecified atom stereocenters. The number of fused-ring (bicyclic) bond motifs is 1. The van der Waals surface area contributed by atoms with Crippen LogP contribution in [0.3, 0.4) is 0 Å². The van der Waals surface area contributed by atoms with E-state index in [1.807, 2.05) is 0 Å². The molecule has 0 radical (unpaired) electrons. The van der Waals surface area contributed by atoms with Crippen molar-refractivity contribution >= 4 is 22.5 Å². The van der Waals surface area contributed by atoms with E-state index in [2.05, 4.69) is 42.3 Å². The SMILES string of the molecule is Fc1cncnc1NC1CCC(Oc2cc(N3CCOCC3)cc3nccnc23)CC1. The number of hydrogen-bond acceptors (Lipinski definition) is 8. The van der Waals surface area contributed by atoms with Gasteiger partial charge in [0.2, 0.25) is 0 Å². The van der Waals surface area contributed by atoms with Gasteiger partial charge in [0.25, 0.3) is 0 Å². The van der Waals surface area contributed by atoms with Crippen molar-refractivity contribution in [1.82, 2.24) is 19.9 Å². The Balaban J connectivity index is 1.28. The number of rotatable bonds is 5. The maximum Gasteiger partial charge on any atom is 0.183 e. The van der Waals surface area contributed by atoms with Crippen LogP contribution in [-0.4, -0.2) is 58.4 Å². The number of benzene rings is 1. The first-order chi connectivity index (χ1) is 15.3. The van der Waals surface area contributed by atoms with Crippen LogP contribution in [0, 0.1) is 5.82 Å². The second-order valence-corrected chi connectivity index (χ2v) is 7.92. The number of halogens is 1. The van der Waals surface area contributed by atoms with Gasteiger partial charge < -0.3 is 19.7 Å². The second-order valence-electron chi connectivity index (χ2n) is 7.92. The van der Waals surface area contributed by atoms with Crippen molar-refractivity contribution in [2.24, 2.45) is 0 Å². The van der Waals surface area contributed by atoms with Crippen molar-refractivity contribution < 1.29 is 13.9 Å². The van der Waals surface area contributed by atoms with E-state index in [-0.39, 0.29) is 18.0 Å². The molecule has 0 amide bonds. The smallest absolute Gasteiger partial charge is 0.183 e. The molecular formula is C22H25FN6O2. The molecule has 0 atom stereocenters. The summed E-state index contributed by atoms with van der Waals surface area (Å²) in [4.78, 5) is 19.0. The minimum absolute atomic E-state index is 0.0819.